The van der Waals surface area contributed by atoms with Crippen LogP contribution in [0.4, 0.5) is 13.2 Å². The lowest BCUT2D eigenvalue weighted by atomic mass is 10.3. The number of rotatable bonds is 1. The zero-order valence-electron chi connectivity index (χ0n) is 4.99. The molecule has 0 aliphatic carbocycles. The van der Waals surface area contributed by atoms with Crippen molar-refractivity contribution < 1.29 is 18.0 Å². The van der Waals surface area contributed by atoms with Crippen LogP contribution in [0.5, 0.6) is 0 Å². The first-order valence-corrected chi connectivity index (χ1v) is 2.22. The molecule has 0 rings (SSSR count). The Morgan fingerprint density at radius 1 is 1.55 bits per heavy atom. The Morgan fingerprint density at radius 2 is 2.00 bits per heavy atom. The Balaban J connectivity index is 4.82. The molecule has 0 spiro atoms. The highest BCUT2D eigenvalue weighted by atomic mass is 19.4. The molecule has 6 heteroatoms. The van der Waals surface area contributed by atoms with Gasteiger partial charge < -0.3 is 0 Å². The molecule has 0 heterocycles. The predicted molar refractivity (Wildman–Crippen MR) is 28.9 cm³/mol. The van der Waals surface area contributed by atoms with Crippen LogP contribution in [-0.2, 0) is 4.79 Å². The highest BCUT2D eigenvalue weighted by molar-refractivity contribution is 6.07. The number of nitrogens with zero attached hydrogens (tertiary/aromatic N) is 1. The average Bonchev–Trinajstić information content (AvgIpc) is 1.88. The van der Waals surface area contributed by atoms with Crippen molar-refractivity contribution >= 4 is 11.7 Å². The van der Waals surface area contributed by atoms with Gasteiger partial charge >= 0.3 is 6.18 Å². The van der Waals surface area contributed by atoms with E-state index in [1.807, 2.05) is 0 Å². The quantitative estimate of drug-likeness (QED) is 0.351. The highest BCUT2D eigenvalue weighted by Gasteiger charge is 2.41. The number of hydrogen-bond acceptors (Lipinski definition) is 2. The molecule has 0 saturated heterocycles. The largest absolute Gasteiger partial charge is 0.444 e. The SMILES string of the molecule is [C-]#[N+]C(=C=N)C(=O)C(F)(F)F. The first kappa shape index (κ1) is 9.40. The summed E-state index contributed by atoms with van der Waals surface area (Å²) in [5.74, 6) is -1.23. The molecule has 1 N–H and O–H groups in total. The standard InChI is InChI=1S/C5HF3N2O/c1-10-3(2-9)4(11)5(6,7)8/h9H. The smallest absolute Gasteiger partial charge is 0.297 e. The van der Waals surface area contributed by atoms with Crippen molar-refractivity contribution in [2.45, 2.75) is 6.18 Å². The number of hydrogen-bond donors (Lipinski definition) is 1. The van der Waals surface area contributed by atoms with Gasteiger partial charge in [0.05, 0.1) is 6.57 Å². The number of Topliss-reactive ketones (excluding diaryl/α,β-unsaturated/α-hetero) is 1. The van der Waals surface area contributed by atoms with Gasteiger partial charge in [-0.2, -0.15) is 13.2 Å². The van der Waals surface area contributed by atoms with Gasteiger partial charge in [-0.1, -0.05) is 0 Å². The maximum Gasteiger partial charge on any atom is 0.444 e. The van der Waals surface area contributed by atoms with E-state index in [4.69, 9.17) is 12.0 Å². The van der Waals surface area contributed by atoms with Gasteiger partial charge in [0.1, 0.15) is 0 Å². The van der Waals surface area contributed by atoms with Crippen LogP contribution in [-0.4, -0.2) is 17.8 Å². The molecule has 3 nitrogen and oxygen atoms in total. The second-order valence-electron chi connectivity index (χ2n) is 1.41. The molecule has 0 saturated carbocycles. The number of alkyl halides is 3. The lowest BCUT2D eigenvalue weighted by Gasteiger charge is -1.99. The average molecular weight is 162 g/mol. The lowest BCUT2D eigenvalue weighted by molar-refractivity contribution is -0.166. The van der Waals surface area contributed by atoms with E-state index in [-0.39, 0.29) is 0 Å². The number of halogens is 3. The Kier molecular flexibility index (Phi) is 2.56. The Hall–Kier alpha value is -1.60. The Labute approximate surface area is 59.5 Å². The van der Waals surface area contributed by atoms with Crippen LogP contribution in [0.25, 0.3) is 4.85 Å². The summed E-state index contributed by atoms with van der Waals surface area (Å²) in [6, 6.07) is 0. The zero-order chi connectivity index (χ0) is 9.07. The van der Waals surface area contributed by atoms with E-state index >= 15 is 0 Å². The van der Waals surface area contributed by atoms with E-state index in [2.05, 4.69) is 4.85 Å². The zero-order valence-corrected chi connectivity index (χ0v) is 4.99. The summed E-state index contributed by atoms with van der Waals surface area (Å²) in [5.41, 5.74) is -1.35. The van der Waals surface area contributed by atoms with E-state index in [9.17, 15) is 18.0 Å². The number of nitrogens with one attached hydrogen (secondary N) is 1. The monoisotopic (exact) mass is 162 g/mol. The summed E-state index contributed by atoms with van der Waals surface area (Å²) in [5, 5.41) is 6.15. The van der Waals surface area contributed by atoms with Crippen LogP contribution >= 0.6 is 0 Å². The van der Waals surface area contributed by atoms with Gasteiger partial charge in [-0.3, -0.25) is 10.2 Å². The van der Waals surface area contributed by atoms with Gasteiger partial charge in [0.2, 0.25) is 0 Å². The third kappa shape index (κ3) is 2.24. The topological polar surface area (TPSA) is 45.3 Å². The summed E-state index contributed by atoms with van der Waals surface area (Å²) >= 11 is 0. The fourth-order valence-electron chi connectivity index (χ4n) is 0.270. The molecule has 11 heavy (non-hydrogen) atoms. The van der Waals surface area contributed by atoms with Crippen molar-refractivity contribution in [2.75, 3.05) is 0 Å². The molecular weight excluding hydrogens is 161 g/mol. The third-order valence-electron chi connectivity index (χ3n) is 0.703. The van der Waals surface area contributed by atoms with Gasteiger partial charge in [0, 0.05) is 0 Å². The molecule has 0 amide bonds. The molecule has 0 radical (unpaired) electrons. The lowest BCUT2D eigenvalue weighted by Crippen LogP contribution is -2.23. The van der Waals surface area contributed by atoms with E-state index in [0.29, 0.717) is 0 Å². The summed E-state index contributed by atoms with van der Waals surface area (Å²) < 4.78 is 34.3. The molecule has 0 aliphatic heterocycles. The van der Waals surface area contributed by atoms with Crippen LogP contribution in [0.1, 0.15) is 0 Å². The van der Waals surface area contributed by atoms with Gasteiger partial charge in [0.15, 0.2) is 0 Å². The molecule has 0 aromatic rings. The Morgan fingerprint density at radius 3 is 2.09 bits per heavy atom. The minimum atomic E-state index is -5.09. The normalized spacial score (nSPS) is 9.64. The molecule has 0 atom stereocenters. The summed E-state index contributed by atoms with van der Waals surface area (Å²) in [7, 11) is 0. The van der Waals surface area contributed by atoms with Crippen molar-refractivity contribution in [2.24, 2.45) is 0 Å². The molecule has 0 aromatic heterocycles. The van der Waals surface area contributed by atoms with Crippen molar-refractivity contribution in [1.82, 2.24) is 0 Å². The second-order valence-corrected chi connectivity index (χ2v) is 1.41. The van der Waals surface area contributed by atoms with Crippen LogP contribution in [0.15, 0.2) is 5.70 Å². The minimum absolute atomic E-state index is 1.10. The van der Waals surface area contributed by atoms with Gasteiger partial charge in [-0.15, -0.1) is 0 Å². The number of allylic oxidation sites excluding steroid dienone is 1. The molecule has 0 aromatic carbocycles. The van der Waals surface area contributed by atoms with Crippen LogP contribution < -0.4 is 0 Å². The minimum Gasteiger partial charge on any atom is -0.297 e. The maximum absolute atomic E-state index is 11.4. The second kappa shape index (κ2) is 2.99. The van der Waals surface area contributed by atoms with Gasteiger partial charge in [-0.05, 0) is 5.87 Å². The highest BCUT2D eigenvalue weighted by Crippen LogP contribution is 2.19. The van der Waals surface area contributed by atoms with Crippen molar-refractivity contribution in [3.05, 3.63) is 17.1 Å². The van der Waals surface area contributed by atoms with Crippen LogP contribution in [0.2, 0.25) is 0 Å². The predicted octanol–water partition coefficient (Wildman–Crippen LogP) is 1.17. The fourth-order valence-corrected chi connectivity index (χ4v) is 0.270. The van der Waals surface area contributed by atoms with Crippen LogP contribution in [0.3, 0.4) is 0 Å². The number of carbonyl (C=O) groups excluding carboxylic acids is 1. The van der Waals surface area contributed by atoms with Gasteiger partial charge in [0.25, 0.3) is 11.5 Å². The third-order valence-corrected chi connectivity index (χ3v) is 0.703. The first-order valence-electron chi connectivity index (χ1n) is 2.22. The summed E-state index contributed by atoms with van der Waals surface area (Å²) in [6.45, 7) is 6.05. The Bertz CT molecular complexity index is 266. The number of ketones is 1. The van der Waals surface area contributed by atoms with E-state index in [0.717, 1.165) is 5.87 Å². The van der Waals surface area contributed by atoms with Crippen molar-refractivity contribution in [3.63, 3.8) is 0 Å². The molecule has 0 bridgehead atoms. The van der Waals surface area contributed by atoms with Gasteiger partial charge in [-0.25, -0.2) is 4.85 Å². The van der Waals surface area contributed by atoms with Crippen LogP contribution in [0, 0.1) is 12.0 Å². The summed E-state index contributed by atoms with van der Waals surface area (Å²) in [6.07, 6.45) is -5.09. The van der Waals surface area contributed by atoms with E-state index in [1.165, 1.54) is 0 Å². The summed E-state index contributed by atoms with van der Waals surface area (Å²) in [4.78, 5) is 12.2. The van der Waals surface area contributed by atoms with E-state index in [1.54, 1.807) is 0 Å². The molecule has 0 aliphatic rings. The molecule has 58 valence electrons. The molecule has 0 unspecified atom stereocenters. The maximum atomic E-state index is 11.4. The van der Waals surface area contributed by atoms with E-state index < -0.39 is 17.7 Å². The van der Waals surface area contributed by atoms with Crippen molar-refractivity contribution in [3.8, 4) is 0 Å². The molecule has 0 fully saturated rings. The fraction of sp³-hybridized carbons (Fsp3) is 0.200. The molecular formula is C5HF3N2O. The first-order chi connectivity index (χ1) is 4.93. The van der Waals surface area contributed by atoms with Crippen molar-refractivity contribution in [1.29, 1.82) is 5.41 Å². The number of carbonyl (C=O) groups is 1.